The van der Waals surface area contributed by atoms with Crippen LogP contribution in [-0.4, -0.2) is 41.9 Å². The zero-order valence-electron chi connectivity index (χ0n) is 9.57. The van der Waals surface area contributed by atoms with Crippen LogP contribution in [0, 0.1) is 6.92 Å². The van der Waals surface area contributed by atoms with Crippen LogP contribution < -0.4 is 5.46 Å². The first-order valence-corrected chi connectivity index (χ1v) is 5.21. The highest BCUT2D eigenvalue weighted by molar-refractivity contribution is 6.58. The van der Waals surface area contributed by atoms with E-state index in [0.717, 1.165) is 0 Å². The third kappa shape index (κ3) is 2.32. The van der Waals surface area contributed by atoms with E-state index in [4.69, 9.17) is 10.0 Å². The Labute approximate surface area is 98.3 Å². The maximum atomic E-state index is 8.93. The van der Waals surface area contributed by atoms with Crippen LogP contribution in [0.1, 0.15) is 12.7 Å². The minimum Gasteiger partial charge on any atom is -0.423 e. The molecule has 0 amide bonds. The second-order valence-corrected chi connectivity index (χ2v) is 3.51. The number of aromatic nitrogens is 5. The second-order valence-electron chi connectivity index (χ2n) is 3.51. The highest BCUT2D eigenvalue weighted by atomic mass is 16.4. The summed E-state index contributed by atoms with van der Waals surface area (Å²) >= 11 is 0. The van der Waals surface area contributed by atoms with E-state index in [2.05, 4.69) is 20.1 Å². The van der Waals surface area contributed by atoms with Gasteiger partial charge in [-0.25, -0.2) is 19.6 Å². The van der Waals surface area contributed by atoms with E-state index in [1.165, 1.54) is 12.4 Å². The normalized spacial score (nSPS) is 10.6. The molecule has 8 heteroatoms. The fourth-order valence-electron chi connectivity index (χ4n) is 1.43. The number of hydrogen-bond acceptors (Lipinski definition) is 6. The summed E-state index contributed by atoms with van der Waals surface area (Å²) in [5.41, 5.74) is 0.244. The Hall–Kier alpha value is -1.80. The van der Waals surface area contributed by atoms with Crippen molar-refractivity contribution in [3.05, 3.63) is 18.2 Å². The molecule has 2 aromatic heterocycles. The molecule has 0 aromatic carbocycles. The zero-order valence-corrected chi connectivity index (χ0v) is 9.57. The standard InChI is InChI=1S/C9H12BN5O2/c1-3-15-9(13-6(2)14-15)8-11-4-7(5-12-8)10(16)17/h4-5,16-17H,3H2,1-2H3. The molecule has 0 atom stereocenters. The quantitative estimate of drug-likeness (QED) is 0.642. The van der Waals surface area contributed by atoms with Crippen LogP contribution in [0.5, 0.6) is 0 Å². The van der Waals surface area contributed by atoms with Gasteiger partial charge >= 0.3 is 7.12 Å². The summed E-state index contributed by atoms with van der Waals surface area (Å²) < 4.78 is 1.69. The molecular weight excluding hydrogens is 221 g/mol. The van der Waals surface area contributed by atoms with Crippen molar-refractivity contribution < 1.29 is 10.0 Å². The second kappa shape index (κ2) is 4.60. The van der Waals surface area contributed by atoms with Gasteiger partial charge in [-0.15, -0.1) is 0 Å². The Morgan fingerprint density at radius 1 is 1.29 bits per heavy atom. The molecule has 88 valence electrons. The summed E-state index contributed by atoms with van der Waals surface area (Å²) in [6, 6.07) is 0. The Bertz CT molecular complexity index is 511. The van der Waals surface area contributed by atoms with Crippen molar-refractivity contribution in [2.75, 3.05) is 0 Å². The summed E-state index contributed by atoms with van der Waals surface area (Å²) in [5.74, 6) is 1.64. The average molecular weight is 233 g/mol. The fraction of sp³-hybridized carbons (Fsp3) is 0.333. The maximum Gasteiger partial charge on any atom is 0.491 e. The molecule has 2 N–H and O–H groups in total. The molecule has 2 heterocycles. The lowest BCUT2D eigenvalue weighted by atomic mass is 9.83. The lowest BCUT2D eigenvalue weighted by molar-refractivity contribution is 0.425. The van der Waals surface area contributed by atoms with Crippen LogP contribution >= 0.6 is 0 Å². The highest BCUT2D eigenvalue weighted by Crippen LogP contribution is 2.10. The monoisotopic (exact) mass is 233 g/mol. The number of hydrogen-bond donors (Lipinski definition) is 2. The SMILES string of the molecule is CCn1nc(C)nc1-c1ncc(B(O)O)cn1. The van der Waals surface area contributed by atoms with Gasteiger partial charge in [0.2, 0.25) is 0 Å². The first-order valence-electron chi connectivity index (χ1n) is 5.21. The molecule has 0 bridgehead atoms. The van der Waals surface area contributed by atoms with E-state index in [1.807, 2.05) is 6.92 Å². The first-order chi connectivity index (χ1) is 8.11. The van der Waals surface area contributed by atoms with Crippen molar-refractivity contribution in [3.63, 3.8) is 0 Å². The van der Waals surface area contributed by atoms with Crippen molar-refractivity contribution in [3.8, 4) is 11.6 Å². The van der Waals surface area contributed by atoms with Crippen molar-refractivity contribution in [2.24, 2.45) is 0 Å². The van der Waals surface area contributed by atoms with E-state index in [9.17, 15) is 0 Å². The van der Waals surface area contributed by atoms with Crippen molar-refractivity contribution in [1.82, 2.24) is 24.7 Å². The molecule has 0 saturated heterocycles. The zero-order chi connectivity index (χ0) is 12.4. The summed E-state index contributed by atoms with van der Waals surface area (Å²) in [4.78, 5) is 12.3. The Morgan fingerprint density at radius 2 is 1.94 bits per heavy atom. The smallest absolute Gasteiger partial charge is 0.423 e. The van der Waals surface area contributed by atoms with E-state index in [1.54, 1.807) is 11.6 Å². The molecule has 0 radical (unpaired) electrons. The van der Waals surface area contributed by atoms with Gasteiger partial charge in [-0.2, -0.15) is 5.10 Å². The molecule has 0 saturated carbocycles. The predicted octanol–water partition coefficient (Wildman–Crippen LogP) is -1.26. The summed E-state index contributed by atoms with van der Waals surface area (Å²) in [6.07, 6.45) is 2.72. The van der Waals surface area contributed by atoms with Crippen molar-refractivity contribution >= 4 is 12.6 Å². The molecule has 2 rings (SSSR count). The summed E-state index contributed by atoms with van der Waals surface area (Å²) in [5, 5.41) is 22.1. The summed E-state index contributed by atoms with van der Waals surface area (Å²) in [6.45, 7) is 4.41. The molecule has 0 unspecified atom stereocenters. The Balaban J connectivity index is 2.39. The minimum absolute atomic E-state index is 0.244. The number of nitrogens with zero attached hydrogens (tertiary/aromatic N) is 5. The molecule has 7 nitrogen and oxygen atoms in total. The van der Waals surface area contributed by atoms with Crippen LogP contribution in [-0.2, 0) is 6.54 Å². The third-order valence-corrected chi connectivity index (χ3v) is 2.25. The van der Waals surface area contributed by atoms with Gasteiger partial charge in [0, 0.05) is 24.4 Å². The van der Waals surface area contributed by atoms with Crippen LogP contribution in [0.15, 0.2) is 12.4 Å². The van der Waals surface area contributed by atoms with E-state index < -0.39 is 7.12 Å². The average Bonchev–Trinajstić information content (AvgIpc) is 2.70. The Kier molecular flexibility index (Phi) is 3.16. The van der Waals surface area contributed by atoms with Gasteiger partial charge in [0.25, 0.3) is 0 Å². The van der Waals surface area contributed by atoms with E-state index in [-0.39, 0.29) is 5.46 Å². The topological polar surface area (TPSA) is 97.0 Å². The molecule has 17 heavy (non-hydrogen) atoms. The van der Waals surface area contributed by atoms with Crippen LogP contribution in [0.3, 0.4) is 0 Å². The van der Waals surface area contributed by atoms with Crippen molar-refractivity contribution in [1.29, 1.82) is 0 Å². The highest BCUT2D eigenvalue weighted by Gasteiger charge is 2.15. The molecule has 0 aliphatic carbocycles. The van der Waals surface area contributed by atoms with Gasteiger partial charge in [-0.3, -0.25) is 0 Å². The van der Waals surface area contributed by atoms with Crippen molar-refractivity contribution in [2.45, 2.75) is 20.4 Å². The van der Waals surface area contributed by atoms with Gasteiger partial charge < -0.3 is 10.0 Å². The third-order valence-electron chi connectivity index (χ3n) is 2.25. The first kappa shape index (κ1) is 11.7. The number of aryl methyl sites for hydroxylation is 2. The summed E-state index contributed by atoms with van der Waals surface area (Å²) in [7, 11) is -1.56. The van der Waals surface area contributed by atoms with Crippen LogP contribution in [0.4, 0.5) is 0 Å². The molecule has 2 aromatic rings. The predicted molar refractivity (Wildman–Crippen MR) is 61.3 cm³/mol. The van der Waals surface area contributed by atoms with Crippen LogP contribution in [0.25, 0.3) is 11.6 Å². The molecular formula is C9H12BN5O2. The molecule has 0 aliphatic rings. The molecule has 0 spiro atoms. The Morgan fingerprint density at radius 3 is 2.47 bits per heavy atom. The lowest BCUT2D eigenvalue weighted by Gasteiger charge is -2.02. The van der Waals surface area contributed by atoms with Gasteiger partial charge in [-0.1, -0.05) is 0 Å². The van der Waals surface area contributed by atoms with E-state index in [0.29, 0.717) is 24.0 Å². The minimum atomic E-state index is -1.56. The van der Waals surface area contributed by atoms with Crippen LogP contribution in [0.2, 0.25) is 0 Å². The van der Waals surface area contributed by atoms with Gasteiger partial charge in [0.15, 0.2) is 11.6 Å². The lowest BCUT2D eigenvalue weighted by Crippen LogP contribution is -2.30. The van der Waals surface area contributed by atoms with E-state index >= 15 is 0 Å². The number of rotatable bonds is 3. The molecule has 0 fully saturated rings. The van der Waals surface area contributed by atoms with Gasteiger partial charge in [0.05, 0.1) is 0 Å². The largest absolute Gasteiger partial charge is 0.491 e. The van der Waals surface area contributed by atoms with Gasteiger partial charge in [0.1, 0.15) is 5.82 Å². The fourth-order valence-corrected chi connectivity index (χ4v) is 1.43. The maximum absolute atomic E-state index is 8.93. The van der Waals surface area contributed by atoms with Gasteiger partial charge in [-0.05, 0) is 13.8 Å². The molecule has 0 aliphatic heterocycles.